The molecule has 0 unspecified atom stereocenters. The Morgan fingerprint density at radius 1 is 0.423 bits per heavy atom. The van der Waals surface area contributed by atoms with Crippen LogP contribution in [0.1, 0.15) is 64.2 Å². The van der Waals surface area contributed by atoms with Gasteiger partial charge >= 0.3 is 0 Å². The summed E-state index contributed by atoms with van der Waals surface area (Å²) < 4.78 is 2.18. The second-order valence-electron chi connectivity index (χ2n) is 16.0. The third-order valence-electron chi connectivity index (χ3n) is 10.7. The number of hydrogen-bond acceptors (Lipinski definition) is 4. The van der Waals surface area contributed by atoms with Crippen molar-refractivity contribution in [2.75, 3.05) is 77.3 Å². The molecule has 8 heteroatoms. The number of rotatable bonds is 19. The molecular weight excluding hydrogens is 720 g/mol. The molecule has 278 valence electrons. The molecular formula is C44H58Cl2N4S2+2. The average Bonchev–Trinajstić information content (AvgIpc) is 3.12. The number of para-hydroxylation sites is 2. The molecule has 2 aliphatic heterocycles. The standard InChI is InChI=1S/C44H58Cl2N4S2/c1-49(2,31-17-27-47-37-19-11-13-21-41(37)51-43-25-23-35(45)33-39(43)47)29-15-9-7-5-6-8-10-16-30-50(3,4)32-18-28-48-38-20-12-14-22-42(38)52-44-26-24-36(46)34-40(44)48/h11-14,19-26,33-34H,5-10,15-18,27-32H2,1-4H3/q+2. The van der Waals surface area contributed by atoms with Crippen LogP contribution in [-0.4, -0.2) is 76.4 Å². The van der Waals surface area contributed by atoms with Crippen molar-refractivity contribution in [3.63, 3.8) is 0 Å². The summed E-state index contributed by atoms with van der Waals surface area (Å²) in [5, 5.41) is 1.62. The van der Waals surface area contributed by atoms with Gasteiger partial charge in [-0.2, -0.15) is 0 Å². The predicted molar refractivity (Wildman–Crippen MR) is 228 cm³/mol. The van der Waals surface area contributed by atoms with Gasteiger partial charge in [0.25, 0.3) is 0 Å². The minimum atomic E-state index is 0.808. The first-order valence-electron chi connectivity index (χ1n) is 19.4. The summed E-state index contributed by atoms with van der Waals surface area (Å²) in [7, 11) is 9.63. The summed E-state index contributed by atoms with van der Waals surface area (Å²) in [6.45, 7) is 6.91. The van der Waals surface area contributed by atoms with Crippen LogP contribution >= 0.6 is 46.7 Å². The van der Waals surface area contributed by atoms with Gasteiger partial charge in [0.2, 0.25) is 0 Å². The van der Waals surface area contributed by atoms with E-state index in [2.05, 4.69) is 111 Å². The Balaban J connectivity index is 0.823. The van der Waals surface area contributed by atoms with E-state index in [1.807, 2.05) is 35.7 Å². The molecule has 0 radical (unpaired) electrons. The molecule has 0 aliphatic carbocycles. The second-order valence-corrected chi connectivity index (χ2v) is 19.0. The zero-order valence-electron chi connectivity index (χ0n) is 31.8. The van der Waals surface area contributed by atoms with Gasteiger partial charge in [-0.3, -0.25) is 0 Å². The van der Waals surface area contributed by atoms with Gasteiger partial charge < -0.3 is 18.8 Å². The molecule has 2 heterocycles. The lowest BCUT2D eigenvalue weighted by Gasteiger charge is -2.35. The fraction of sp³-hybridized carbons (Fsp3) is 0.455. The topological polar surface area (TPSA) is 6.48 Å². The Kier molecular flexibility index (Phi) is 13.9. The van der Waals surface area contributed by atoms with Gasteiger partial charge in [-0.05, 0) is 86.3 Å². The number of anilines is 4. The Morgan fingerprint density at radius 2 is 0.769 bits per heavy atom. The molecule has 4 aromatic rings. The number of unbranched alkanes of at least 4 members (excludes halogenated alkanes) is 7. The number of hydrogen-bond donors (Lipinski definition) is 0. The maximum Gasteiger partial charge on any atom is 0.0799 e. The molecule has 0 fully saturated rings. The lowest BCUT2D eigenvalue weighted by Crippen LogP contribution is -2.42. The molecule has 0 atom stereocenters. The highest BCUT2D eigenvalue weighted by molar-refractivity contribution is 8.00. The summed E-state index contributed by atoms with van der Waals surface area (Å²) in [5.74, 6) is 0. The second kappa shape index (κ2) is 18.3. The van der Waals surface area contributed by atoms with Crippen LogP contribution in [0, 0.1) is 0 Å². The van der Waals surface area contributed by atoms with Gasteiger partial charge in [-0.1, -0.05) is 96.7 Å². The molecule has 6 rings (SSSR count). The van der Waals surface area contributed by atoms with Crippen LogP contribution in [0.25, 0.3) is 0 Å². The predicted octanol–water partition coefficient (Wildman–Crippen LogP) is 13.0. The maximum atomic E-state index is 6.43. The first-order chi connectivity index (χ1) is 25.1. The summed E-state index contributed by atoms with van der Waals surface area (Å²) in [6.07, 6.45) is 13.1. The smallest absolute Gasteiger partial charge is 0.0799 e. The van der Waals surface area contributed by atoms with Crippen LogP contribution in [0.15, 0.2) is 105 Å². The normalized spacial score (nSPS) is 13.8. The third kappa shape index (κ3) is 10.7. The van der Waals surface area contributed by atoms with E-state index in [0.29, 0.717) is 0 Å². The van der Waals surface area contributed by atoms with Gasteiger partial charge in [-0.25, -0.2) is 0 Å². The van der Waals surface area contributed by atoms with Crippen molar-refractivity contribution < 1.29 is 8.97 Å². The van der Waals surface area contributed by atoms with Crippen LogP contribution in [0.4, 0.5) is 22.7 Å². The zero-order chi connectivity index (χ0) is 36.6. The molecule has 52 heavy (non-hydrogen) atoms. The van der Waals surface area contributed by atoms with Crippen LogP contribution in [0.2, 0.25) is 10.0 Å². The van der Waals surface area contributed by atoms with Gasteiger partial charge in [0.15, 0.2) is 0 Å². The Hall–Kier alpha value is -2.32. The lowest BCUT2D eigenvalue weighted by atomic mass is 10.1. The van der Waals surface area contributed by atoms with E-state index in [1.165, 1.54) is 120 Å². The summed E-state index contributed by atoms with van der Waals surface area (Å²) in [6, 6.07) is 30.2. The largest absolute Gasteiger partial charge is 0.339 e. The van der Waals surface area contributed by atoms with E-state index in [1.54, 1.807) is 0 Å². The van der Waals surface area contributed by atoms with Gasteiger partial charge in [-0.15, -0.1) is 0 Å². The van der Waals surface area contributed by atoms with Crippen molar-refractivity contribution in [2.45, 2.75) is 83.8 Å². The van der Waals surface area contributed by atoms with Crippen molar-refractivity contribution in [3.05, 3.63) is 95.0 Å². The van der Waals surface area contributed by atoms with Crippen molar-refractivity contribution in [3.8, 4) is 0 Å². The van der Waals surface area contributed by atoms with E-state index in [-0.39, 0.29) is 0 Å². The minimum absolute atomic E-state index is 0.808. The molecule has 0 amide bonds. The van der Waals surface area contributed by atoms with Crippen LogP contribution in [0.3, 0.4) is 0 Å². The maximum absolute atomic E-state index is 6.43. The summed E-state index contributed by atoms with van der Waals surface area (Å²) in [4.78, 5) is 10.2. The van der Waals surface area contributed by atoms with Crippen LogP contribution in [0.5, 0.6) is 0 Å². The van der Waals surface area contributed by atoms with Gasteiger partial charge in [0, 0.05) is 55.6 Å². The minimum Gasteiger partial charge on any atom is -0.339 e. The van der Waals surface area contributed by atoms with Crippen molar-refractivity contribution in [1.29, 1.82) is 0 Å². The van der Waals surface area contributed by atoms with E-state index in [9.17, 15) is 0 Å². The fourth-order valence-electron chi connectivity index (χ4n) is 7.76. The summed E-state index contributed by atoms with van der Waals surface area (Å²) in [5.41, 5.74) is 5.11. The lowest BCUT2D eigenvalue weighted by molar-refractivity contribution is -0.890. The highest BCUT2D eigenvalue weighted by atomic mass is 35.5. The fourth-order valence-corrected chi connectivity index (χ4v) is 10.2. The molecule has 2 aliphatic rings. The molecule has 4 aromatic carbocycles. The third-order valence-corrected chi connectivity index (χ3v) is 13.5. The Bertz CT molecular complexity index is 1650. The summed E-state index contributed by atoms with van der Waals surface area (Å²) >= 11 is 16.6. The molecule has 0 spiro atoms. The molecule has 0 saturated carbocycles. The first-order valence-corrected chi connectivity index (χ1v) is 21.8. The molecule has 0 saturated heterocycles. The van der Waals surface area contributed by atoms with E-state index in [4.69, 9.17) is 23.2 Å². The number of fused-ring (bicyclic) bond motifs is 4. The van der Waals surface area contributed by atoms with Crippen LogP contribution in [-0.2, 0) is 0 Å². The highest BCUT2D eigenvalue weighted by Crippen LogP contribution is 2.50. The van der Waals surface area contributed by atoms with Crippen molar-refractivity contribution in [1.82, 2.24) is 0 Å². The molecule has 4 nitrogen and oxygen atoms in total. The molecule has 0 aromatic heterocycles. The van der Waals surface area contributed by atoms with E-state index in [0.717, 1.165) is 44.9 Å². The highest BCUT2D eigenvalue weighted by Gasteiger charge is 2.26. The average molecular weight is 778 g/mol. The van der Waals surface area contributed by atoms with Gasteiger partial charge in [0.1, 0.15) is 0 Å². The van der Waals surface area contributed by atoms with Crippen molar-refractivity contribution in [2.24, 2.45) is 0 Å². The van der Waals surface area contributed by atoms with E-state index >= 15 is 0 Å². The Labute approximate surface area is 332 Å². The SMILES string of the molecule is C[N+](C)(CCCCCCCCCC[N+](C)(C)CCCN1c2ccccc2Sc2ccc(Cl)cc21)CCCN1c2ccccc2Sc2ccc(Cl)cc21. The molecule has 0 N–H and O–H groups in total. The number of halogens is 2. The Morgan fingerprint density at radius 3 is 1.19 bits per heavy atom. The molecule has 0 bridgehead atoms. The zero-order valence-corrected chi connectivity index (χ0v) is 34.9. The number of nitrogens with zero attached hydrogens (tertiary/aromatic N) is 4. The number of quaternary nitrogens is 2. The monoisotopic (exact) mass is 776 g/mol. The van der Waals surface area contributed by atoms with Crippen LogP contribution < -0.4 is 9.80 Å². The first kappa shape index (κ1) is 39.4. The number of benzene rings is 4. The quantitative estimate of drug-likeness (QED) is 0.0691. The van der Waals surface area contributed by atoms with Crippen molar-refractivity contribution >= 4 is 69.5 Å². The van der Waals surface area contributed by atoms with Gasteiger partial charge in [0.05, 0.1) is 77.1 Å². The van der Waals surface area contributed by atoms with E-state index < -0.39 is 0 Å².